The molecule has 0 aliphatic heterocycles. The number of rotatable bonds is 5. The smallest absolute Gasteiger partial charge is 0.126 e. The fourth-order valence-electron chi connectivity index (χ4n) is 1.31. The average molecular weight is 347 g/mol. The summed E-state index contributed by atoms with van der Waals surface area (Å²) in [5, 5.41) is 0. The molecule has 0 nitrogen and oxygen atoms in total. The lowest BCUT2D eigenvalue weighted by Crippen LogP contribution is -2.07. The van der Waals surface area contributed by atoms with Gasteiger partial charge in [0.1, 0.15) is 0 Å². The summed E-state index contributed by atoms with van der Waals surface area (Å²) >= 11 is 20.8. The molecule has 1 aromatic rings. The monoisotopic (exact) mass is 344 g/mol. The van der Waals surface area contributed by atoms with Gasteiger partial charge in [0.05, 0.1) is 0 Å². The highest BCUT2D eigenvalue weighted by atomic mass is 79.9. The fourth-order valence-corrected chi connectivity index (χ4v) is 3.42. The van der Waals surface area contributed by atoms with Crippen molar-refractivity contribution < 1.29 is 0 Å². The van der Waals surface area contributed by atoms with Crippen LogP contribution in [0.15, 0.2) is 28.7 Å². The lowest BCUT2D eigenvalue weighted by Gasteiger charge is -2.06. The van der Waals surface area contributed by atoms with Crippen LogP contribution >= 0.6 is 49.2 Å². The molecule has 0 bridgehead atoms. The van der Waals surface area contributed by atoms with Gasteiger partial charge in [0.2, 0.25) is 0 Å². The summed E-state index contributed by atoms with van der Waals surface area (Å²) < 4.78 is 1.11. The van der Waals surface area contributed by atoms with Gasteiger partial charge in [-0.15, -0.1) is 33.2 Å². The first kappa shape index (κ1) is 13.9. The van der Waals surface area contributed by atoms with E-state index in [1.807, 2.05) is 0 Å². The summed E-state index contributed by atoms with van der Waals surface area (Å²) in [6.45, 7) is 0. The number of hydrogen-bond donors (Lipinski definition) is 0. The third-order valence-corrected chi connectivity index (χ3v) is 5.24. The van der Waals surface area contributed by atoms with Crippen LogP contribution in [-0.2, 0) is 6.42 Å². The molecule has 0 spiro atoms. The maximum Gasteiger partial charge on any atom is 0.341 e. The molecule has 0 aliphatic carbocycles. The van der Waals surface area contributed by atoms with Crippen LogP contribution in [-0.4, -0.2) is 6.00 Å². The Morgan fingerprint density at radius 3 is 2.13 bits per heavy atom. The zero-order valence-corrected chi connectivity index (χ0v) is 13.0. The lowest BCUT2D eigenvalue weighted by atomic mass is 10.1. The molecule has 0 unspecified atom stereocenters. The zero-order chi connectivity index (χ0) is 11.3. The second kappa shape index (κ2) is 6.50. The quantitative estimate of drug-likeness (QED) is 0.379. The van der Waals surface area contributed by atoms with E-state index in [0.717, 1.165) is 29.8 Å². The summed E-state index contributed by atoms with van der Waals surface area (Å²) in [6.07, 6.45) is 3.14. The van der Waals surface area contributed by atoms with Crippen LogP contribution in [0.3, 0.4) is 0 Å². The molecule has 1 aromatic carbocycles. The van der Waals surface area contributed by atoms with Crippen LogP contribution in [0.1, 0.15) is 18.4 Å². The number of aryl methyl sites for hydroxylation is 1. The van der Waals surface area contributed by atoms with Gasteiger partial charge in [-0.25, -0.2) is 0 Å². The number of halogens is 4. The van der Waals surface area contributed by atoms with E-state index in [1.54, 1.807) is 0 Å². The normalized spacial score (nSPS) is 11.7. The standard InChI is InChI=1S/C10H12BrCl3Si/c11-10-6-4-9(5-7-10)3-1-2-8-15(12,13)14/h4-7H,1-3,8H2. The van der Waals surface area contributed by atoms with Gasteiger partial charge in [0.25, 0.3) is 0 Å². The summed E-state index contributed by atoms with van der Waals surface area (Å²) in [7, 11) is 0. The first-order chi connectivity index (χ1) is 6.97. The molecule has 0 aromatic heterocycles. The lowest BCUT2D eigenvalue weighted by molar-refractivity contribution is 0.791. The zero-order valence-electron chi connectivity index (χ0n) is 8.15. The van der Waals surface area contributed by atoms with E-state index in [0.29, 0.717) is 0 Å². The van der Waals surface area contributed by atoms with Crippen LogP contribution in [0.5, 0.6) is 0 Å². The van der Waals surface area contributed by atoms with E-state index in [-0.39, 0.29) is 0 Å². The number of unbranched alkanes of at least 4 members (excludes halogenated alkanes) is 1. The van der Waals surface area contributed by atoms with Gasteiger partial charge in [-0.3, -0.25) is 0 Å². The minimum atomic E-state index is -2.40. The van der Waals surface area contributed by atoms with Gasteiger partial charge in [0, 0.05) is 4.47 Å². The van der Waals surface area contributed by atoms with Crippen molar-refractivity contribution in [1.29, 1.82) is 0 Å². The van der Waals surface area contributed by atoms with Crippen molar-refractivity contribution in [3.05, 3.63) is 34.3 Å². The Morgan fingerprint density at radius 1 is 1.00 bits per heavy atom. The number of hydrogen-bond acceptors (Lipinski definition) is 0. The molecule has 0 amide bonds. The van der Waals surface area contributed by atoms with Crippen molar-refractivity contribution in [2.75, 3.05) is 0 Å². The highest BCUT2D eigenvalue weighted by molar-refractivity contribution is 9.10. The van der Waals surface area contributed by atoms with Crippen LogP contribution in [0.4, 0.5) is 0 Å². The van der Waals surface area contributed by atoms with Crippen molar-refractivity contribution in [1.82, 2.24) is 0 Å². The van der Waals surface area contributed by atoms with Gasteiger partial charge < -0.3 is 0 Å². The molecule has 0 saturated carbocycles. The van der Waals surface area contributed by atoms with E-state index in [4.69, 9.17) is 33.2 Å². The molecule has 0 saturated heterocycles. The third-order valence-electron chi connectivity index (χ3n) is 2.09. The predicted octanol–water partition coefficient (Wildman–Crippen LogP) is 5.43. The molecule has 5 heteroatoms. The van der Waals surface area contributed by atoms with Crippen LogP contribution in [0.25, 0.3) is 0 Å². The molecule has 0 atom stereocenters. The Labute approximate surface area is 114 Å². The summed E-state index contributed by atoms with van der Waals surface area (Å²) in [5.74, 6) is 0. The first-order valence-electron chi connectivity index (χ1n) is 4.78. The van der Waals surface area contributed by atoms with Crippen molar-refractivity contribution in [2.24, 2.45) is 0 Å². The molecule has 1 rings (SSSR count). The van der Waals surface area contributed by atoms with E-state index < -0.39 is 6.00 Å². The van der Waals surface area contributed by atoms with E-state index in [2.05, 4.69) is 40.2 Å². The molecular formula is C10H12BrCl3Si. The molecule has 15 heavy (non-hydrogen) atoms. The Balaban J connectivity index is 2.23. The average Bonchev–Trinajstić information content (AvgIpc) is 2.14. The third kappa shape index (κ3) is 6.85. The van der Waals surface area contributed by atoms with Crippen molar-refractivity contribution >= 4 is 55.2 Å². The second-order valence-electron chi connectivity index (χ2n) is 3.45. The van der Waals surface area contributed by atoms with Gasteiger partial charge in [-0.05, 0) is 36.6 Å². The summed E-state index contributed by atoms with van der Waals surface area (Å²) in [4.78, 5) is 0. The topological polar surface area (TPSA) is 0 Å². The molecule has 0 heterocycles. The molecule has 84 valence electrons. The van der Waals surface area contributed by atoms with Crippen molar-refractivity contribution in [3.8, 4) is 0 Å². The highest BCUT2D eigenvalue weighted by Gasteiger charge is 2.23. The largest absolute Gasteiger partial charge is 0.341 e. The van der Waals surface area contributed by atoms with E-state index in [1.165, 1.54) is 5.56 Å². The Bertz CT molecular complexity index is 295. The molecule has 0 fully saturated rings. The van der Waals surface area contributed by atoms with E-state index >= 15 is 0 Å². The Hall–Kier alpha value is 0.787. The van der Waals surface area contributed by atoms with Crippen LogP contribution in [0.2, 0.25) is 6.04 Å². The maximum absolute atomic E-state index is 5.80. The molecule has 0 aliphatic rings. The van der Waals surface area contributed by atoms with Crippen LogP contribution < -0.4 is 0 Å². The fraction of sp³-hybridized carbons (Fsp3) is 0.400. The second-order valence-corrected chi connectivity index (χ2v) is 13.6. The Kier molecular flexibility index (Phi) is 6.01. The van der Waals surface area contributed by atoms with Gasteiger partial charge in [-0.1, -0.05) is 34.5 Å². The number of benzene rings is 1. The molecular weight excluding hydrogens is 334 g/mol. The Morgan fingerprint density at radius 2 is 1.60 bits per heavy atom. The van der Waals surface area contributed by atoms with Gasteiger partial charge in [-0.2, -0.15) is 0 Å². The summed E-state index contributed by atoms with van der Waals surface area (Å²) in [5.41, 5.74) is 1.34. The van der Waals surface area contributed by atoms with Crippen molar-refractivity contribution in [3.63, 3.8) is 0 Å². The maximum atomic E-state index is 5.80. The predicted molar refractivity (Wildman–Crippen MR) is 75.2 cm³/mol. The SMILES string of the molecule is Cl[Si](Cl)(Cl)CCCCc1ccc(Br)cc1. The van der Waals surface area contributed by atoms with Crippen LogP contribution in [0, 0.1) is 0 Å². The van der Waals surface area contributed by atoms with Crippen molar-refractivity contribution in [2.45, 2.75) is 25.3 Å². The first-order valence-corrected chi connectivity index (χ1v) is 10.8. The summed E-state index contributed by atoms with van der Waals surface area (Å²) in [6, 6.07) is 6.72. The van der Waals surface area contributed by atoms with Gasteiger partial charge >= 0.3 is 6.00 Å². The minimum absolute atomic E-state index is 0.758. The molecule has 0 radical (unpaired) electrons. The van der Waals surface area contributed by atoms with Gasteiger partial charge in [0.15, 0.2) is 0 Å². The molecule has 0 N–H and O–H groups in total. The highest BCUT2D eigenvalue weighted by Crippen LogP contribution is 2.27. The minimum Gasteiger partial charge on any atom is -0.126 e. The van der Waals surface area contributed by atoms with E-state index in [9.17, 15) is 0 Å².